The topological polar surface area (TPSA) is 263 Å². The Labute approximate surface area is 470 Å². The highest BCUT2D eigenvalue weighted by atomic mass is 19.1. The van der Waals surface area contributed by atoms with Crippen molar-refractivity contribution in [1.82, 2.24) is 15.1 Å². The van der Waals surface area contributed by atoms with E-state index < -0.39 is 132 Å². The maximum atomic E-state index is 15.3. The van der Waals surface area contributed by atoms with Crippen LogP contribution in [0.5, 0.6) is 0 Å². The van der Waals surface area contributed by atoms with Gasteiger partial charge in [0, 0.05) is 75.9 Å². The quantitative estimate of drug-likeness (QED) is 0.0611. The Morgan fingerprint density at radius 3 is 2.27 bits per heavy atom. The van der Waals surface area contributed by atoms with Gasteiger partial charge in [0.2, 0.25) is 0 Å². The van der Waals surface area contributed by atoms with Gasteiger partial charge < -0.3 is 78.4 Å². The van der Waals surface area contributed by atoms with Crippen LogP contribution >= 0.6 is 0 Å². The zero-order valence-corrected chi connectivity index (χ0v) is 49.2. The predicted molar refractivity (Wildman–Crippen MR) is 289 cm³/mol. The molecule has 0 amide bonds. The van der Waals surface area contributed by atoms with E-state index in [0.717, 1.165) is 18.9 Å². The standard InChI is InChI=1S/C57H90FN5O17/c1-15-42-57(10)49(79-54(70)80-57)33(6)62(13)27-29(2)25-55(8,71)48(78-53-46(66)41(61(11)12)22-30(3)73-53)31(4)47(32(5)52(69)75-42)77-44-26-56(9,72-14)50(34(7)74-44)76-43(64)18-19-59-20-21-60-39-24-40-36(23-38(39)58)45(65)37(51(67)68)28-63(40)35-16-17-35/h23-24,29-35,37,41-42,44,46-50,53,59-60,66,71H,15-22,25-28H2,1-14H3,(H,67,68)/t29-,30-,31+,32-,33-,34+,37?,41+,42-,44+,46-,47+,48-,49+,50+,53+,55-,56-,57-/m1/s1. The lowest BCUT2D eigenvalue weighted by molar-refractivity contribution is -0.318. The molecule has 0 radical (unpaired) electrons. The fourth-order valence-corrected chi connectivity index (χ4v) is 13.0. The maximum Gasteiger partial charge on any atom is 0.509 e. The first-order valence-corrected chi connectivity index (χ1v) is 28.6. The van der Waals surface area contributed by atoms with Crippen LogP contribution in [0.25, 0.3) is 0 Å². The van der Waals surface area contributed by atoms with Crippen molar-refractivity contribution in [1.29, 1.82) is 0 Å². The number of aliphatic hydroxyl groups is 2. The average molecular weight is 1140 g/mol. The number of nitrogens with one attached hydrogen (secondary N) is 2. The predicted octanol–water partition coefficient (Wildman–Crippen LogP) is 4.73. The van der Waals surface area contributed by atoms with Crippen LogP contribution < -0.4 is 15.5 Å². The van der Waals surface area contributed by atoms with Gasteiger partial charge in [-0.05, 0) is 120 Å². The van der Waals surface area contributed by atoms with E-state index >= 15 is 4.39 Å². The van der Waals surface area contributed by atoms with Crippen LogP contribution in [0.15, 0.2) is 12.1 Å². The molecule has 1 aromatic carbocycles. The number of hydrogen-bond acceptors (Lipinski definition) is 21. The SMILES string of the molecule is CC[C@H]1OC(=O)[C@H](C)[C@@H](O[C@H]2C[C@@](C)(OC)[C@@H](OC(=O)CCNCCNc3cc4c(cc3F)C(=O)C(C(=O)O)CN4C3CC3)[C@H](C)O2)[C@H](C)[C@@H](O[C@@H]2O[C@H](C)C[C@H](N(C)C)[C@H]2O)[C@](C)(O)C[C@@H](C)CN(C)[C@H](C)[C@@H]2OC(=O)O[C@]12C. The van der Waals surface area contributed by atoms with Gasteiger partial charge in [-0.2, -0.15) is 0 Å². The van der Waals surface area contributed by atoms with Gasteiger partial charge in [0.1, 0.15) is 29.5 Å². The van der Waals surface area contributed by atoms with Gasteiger partial charge in [0.05, 0.1) is 53.7 Å². The number of Topliss-reactive ketones (excluding diaryl/α,β-unsaturated/α-hetero) is 1. The lowest BCUT2D eigenvalue weighted by Crippen LogP contribution is -2.61. The third-order valence-corrected chi connectivity index (χ3v) is 17.7. The number of methoxy groups -OCH3 is 1. The summed E-state index contributed by atoms with van der Waals surface area (Å²) in [5.74, 6) is -7.12. The van der Waals surface area contributed by atoms with Crippen LogP contribution in [0.3, 0.4) is 0 Å². The summed E-state index contributed by atoms with van der Waals surface area (Å²) >= 11 is 0. The molecule has 0 bridgehead atoms. The average Bonchev–Trinajstić information content (AvgIpc) is 4.26. The number of carbonyl (C=O) groups is 5. The van der Waals surface area contributed by atoms with Crippen molar-refractivity contribution < 1.29 is 86.3 Å². The van der Waals surface area contributed by atoms with E-state index in [1.807, 2.05) is 63.5 Å². The summed E-state index contributed by atoms with van der Waals surface area (Å²) in [4.78, 5) is 71.9. The second-order valence-corrected chi connectivity index (χ2v) is 24.4. The number of fused-ring (bicyclic) bond motifs is 2. The number of ether oxygens (including phenoxy) is 9. The fourth-order valence-electron chi connectivity index (χ4n) is 13.0. The van der Waals surface area contributed by atoms with E-state index in [2.05, 4.69) is 10.6 Å². The molecular formula is C57H90FN5O17. The number of carbonyl (C=O) groups excluding carboxylic acids is 4. The molecule has 80 heavy (non-hydrogen) atoms. The molecule has 6 aliphatic rings. The molecule has 0 aromatic heterocycles. The third kappa shape index (κ3) is 13.9. The number of esters is 2. The fraction of sp³-hybridized carbons (Fsp3) is 0.807. The van der Waals surface area contributed by atoms with Crippen LogP contribution in [-0.2, 0) is 57.0 Å². The zero-order chi connectivity index (χ0) is 58.9. The summed E-state index contributed by atoms with van der Waals surface area (Å²) in [6.45, 7) is 19.3. The molecule has 22 nitrogen and oxygen atoms in total. The van der Waals surface area contributed by atoms with Crippen molar-refractivity contribution in [2.45, 2.75) is 211 Å². The summed E-state index contributed by atoms with van der Waals surface area (Å²) < 4.78 is 72.2. The number of hydrogen-bond donors (Lipinski definition) is 5. The van der Waals surface area contributed by atoms with E-state index in [0.29, 0.717) is 25.2 Å². The molecule has 1 aliphatic carbocycles. The molecular weight excluding hydrogens is 1050 g/mol. The Kier molecular flexibility index (Phi) is 20.3. The monoisotopic (exact) mass is 1140 g/mol. The van der Waals surface area contributed by atoms with Crippen LogP contribution in [-0.4, -0.2) is 212 Å². The molecule has 23 heteroatoms. The van der Waals surface area contributed by atoms with Gasteiger partial charge in [0.15, 0.2) is 36.2 Å². The number of rotatable bonds is 17. The maximum absolute atomic E-state index is 15.3. The van der Waals surface area contributed by atoms with Crippen LogP contribution in [0.2, 0.25) is 0 Å². The lowest BCUT2D eigenvalue weighted by Gasteiger charge is -2.49. The normalized spacial score (nSPS) is 39.5. The molecule has 1 saturated carbocycles. The molecule has 1 unspecified atom stereocenters. The van der Waals surface area contributed by atoms with Gasteiger partial charge in [-0.1, -0.05) is 20.8 Å². The van der Waals surface area contributed by atoms with Gasteiger partial charge in [0.25, 0.3) is 0 Å². The van der Waals surface area contributed by atoms with Crippen LogP contribution in [0.4, 0.5) is 20.6 Å². The highest BCUT2D eigenvalue weighted by Gasteiger charge is 2.59. The van der Waals surface area contributed by atoms with Crippen molar-refractivity contribution in [3.8, 4) is 0 Å². The van der Waals surface area contributed by atoms with Gasteiger partial charge in [-0.15, -0.1) is 0 Å². The molecule has 7 rings (SSSR count). The van der Waals surface area contributed by atoms with E-state index in [9.17, 15) is 39.3 Å². The summed E-state index contributed by atoms with van der Waals surface area (Å²) in [6, 6.07) is 2.03. The number of anilines is 2. The lowest BCUT2D eigenvalue weighted by atomic mass is 9.77. The van der Waals surface area contributed by atoms with Crippen LogP contribution in [0.1, 0.15) is 125 Å². The number of likely N-dealkylation sites (N-methyl/N-ethyl adjacent to an activating group) is 2. The molecule has 5 aliphatic heterocycles. The number of aliphatic hydroxyl groups excluding tert-OH is 1. The second-order valence-electron chi connectivity index (χ2n) is 24.4. The van der Waals surface area contributed by atoms with Crippen molar-refractivity contribution in [2.75, 3.05) is 71.2 Å². The largest absolute Gasteiger partial charge is 0.509 e. The highest BCUT2D eigenvalue weighted by molar-refractivity contribution is 6.13. The molecule has 4 saturated heterocycles. The van der Waals surface area contributed by atoms with Gasteiger partial charge >= 0.3 is 24.1 Å². The first-order chi connectivity index (χ1) is 37.5. The van der Waals surface area contributed by atoms with E-state index in [-0.39, 0.29) is 80.7 Å². The summed E-state index contributed by atoms with van der Waals surface area (Å²) in [7, 11) is 7.13. The van der Waals surface area contributed by atoms with Crippen molar-refractivity contribution in [3.05, 3.63) is 23.5 Å². The zero-order valence-electron chi connectivity index (χ0n) is 49.2. The summed E-state index contributed by atoms with van der Waals surface area (Å²) in [6.07, 6.45) is -7.62. The minimum absolute atomic E-state index is 0.0208. The Morgan fingerprint density at radius 2 is 1.64 bits per heavy atom. The van der Waals surface area contributed by atoms with E-state index in [1.54, 1.807) is 47.6 Å². The van der Waals surface area contributed by atoms with Crippen molar-refractivity contribution in [3.63, 3.8) is 0 Å². The number of benzene rings is 1. The number of halogens is 1. The summed E-state index contributed by atoms with van der Waals surface area (Å²) in [5.41, 5.74) is -3.45. The van der Waals surface area contributed by atoms with E-state index in [4.69, 9.17) is 42.6 Å². The number of nitrogens with zero attached hydrogens (tertiary/aromatic N) is 3. The molecule has 452 valence electrons. The van der Waals surface area contributed by atoms with Gasteiger partial charge in [-0.25, -0.2) is 9.18 Å². The van der Waals surface area contributed by atoms with Gasteiger partial charge in [-0.3, -0.25) is 24.1 Å². The second kappa shape index (κ2) is 25.7. The minimum atomic E-state index is -1.64. The number of ketones is 1. The first-order valence-electron chi connectivity index (χ1n) is 28.6. The Hall–Kier alpha value is -4.30. The molecule has 5 N–H and O–H groups in total. The van der Waals surface area contributed by atoms with Crippen molar-refractivity contribution in [2.24, 2.45) is 23.7 Å². The molecule has 0 spiro atoms. The van der Waals surface area contributed by atoms with Crippen LogP contribution in [0, 0.1) is 29.5 Å². The number of carboxylic acids is 1. The smallest absolute Gasteiger partial charge is 0.481 e. The highest BCUT2D eigenvalue weighted by Crippen LogP contribution is 2.44. The molecule has 1 aromatic rings. The van der Waals surface area contributed by atoms with E-state index in [1.165, 1.54) is 7.11 Å². The molecule has 5 fully saturated rings. The summed E-state index contributed by atoms with van der Waals surface area (Å²) in [5, 5.41) is 40.5. The first kappa shape index (κ1) is 63.3. The Bertz CT molecular complexity index is 2360. The number of cyclic esters (lactones) is 1. The number of carboxylic acid groups (broad SMARTS) is 1. The Balaban J connectivity index is 1.06. The number of aliphatic carboxylic acids is 1. The third-order valence-electron chi connectivity index (χ3n) is 17.7. The molecule has 5 heterocycles. The minimum Gasteiger partial charge on any atom is -0.481 e. The van der Waals surface area contributed by atoms with Crippen molar-refractivity contribution >= 4 is 41.2 Å². The Morgan fingerprint density at radius 1 is 0.938 bits per heavy atom. The molecule has 19 atom stereocenters.